The Morgan fingerprint density at radius 1 is 0.417 bits per heavy atom. The van der Waals surface area contributed by atoms with Gasteiger partial charge in [0.25, 0.3) is 0 Å². The van der Waals surface area contributed by atoms with Gasteiger partial charge in [0.15, 0.2) is 0 Å². The van der Waals surface area contributed by atoms with Gasteiger partial charge >= 0.3 is 0 Å². The van der Waals surface area contributed by atoms with Crippen LogP contribution in [0.25, 0.3) is 22.3 Å². The van der Waals surface area contributed by atoms with Gasteiger partial charge in [-0.3, -0.25) is 0 Å². The zero-order valence-electron chi connectivity index (χ0n) is 35.8. The molecule has 2 heterocycles. The second-order valence-corrected chi connectivity index (χ2v) is 16.8. The molecule has 4 aliphatic carbocycles. The van der Waals surface area contributed by atoms with E-state index < -0.39 is 0 Å². The van der Waals surface area contributed by atoms with Crippen LogP contribution in [0, 0.1) is 34.5 Å². The minimum atomic E-state index is 0.277. The molecule has 1 aromatic carbocycles. The second-order valence-electron chi connectivity index (χ2n) is 16.8. The van der Waals surface area contributed by atoms with Gasteiger partial charge in [-0.25, -0.2) is 0 Å². The van der Waals surface area contributed by atoms with Gasteiger partial charge in [0.2, 0.25) is 0 Å². The number of hydrogen-bond acceptors (Lipinski definition) is 6. The first-order chi connectivity index (χ1) is 29.5. The van der Waals surface area contributed by atoms with Gasteiger partial charge < -0.3 is 28.4 Å². The Morgan fingerprint density at radius 2 is 0.717 bits per heavy atom. The van der Waals surface area contributed by atoms with Gasteiger partial charge in [-0.05, 0) is 146 Å². The van der Waals surface area contributed by atoms with Crippen LogP contribution in [0.15, 0.2) is 97.1 Å². The summed E-state index contributed by atoms with van der Waals surface area (Å²) >= 11 is 0. The number of rotatable bonds is 22. The van der Waals surface area contributed by atoms with Gasteiger partial charge in [0, 0.05) is 46.3 Å². The molecule has 6 aliphatic rings. The summed E-state index contributed by atoms with van der Waals surface area (Å²) in [5.74, 6) is 15.1. The molecule has 0 atom stereocenters. The van der Waals surface area contributed by atoms with Crippen molar-refractivity contribution in [3.05, 3.63) is 119 Å². The first-order valence-electron chi connectivity index (χ1n) is 22.3. The SMILES string of the molecule is CCC1(COCCCCCCOc2cc3ccc(C#Cc4ccc(C#Cc5ccc6cc(OCCCCCCOCC7(CC)COC7)cc-6cc5)cc4)ccc-3c2)COC1. The molecule has 0 radical (unpaired) electrons. The van der Waals surface area contributed by atoms with E-state index in [2.05, 4.69) is 110 Å². The highest BCUT2D eigenvalue weighted by Crippen LogP contribution is 2.34. The molecule has 2 saturated heterocycles. The van der Waals surface area contributed by atoms with Crippen molar-refractivity contribution in [3.63, 3.8) is 0 Å². The molecule has 0 N–H and O–H groups in total. The summed E-state index contributed by atoms with van der Waals surface area (Å²) in [6, 6.07) is 33.4. The van der Waals surface area contributed by atoms with Gasteiger partial charge in [-0.2, -0.15) is 0 Å². The third-order valence-corrected chi connectivity index (χ3v) is 12.1. The summed E-state index contributed by atoms with van der Waals surface area (Å²) in [5.41, 5.74) is 9.01. The Balaban J connectivity index is 0.793. The Morgan fingerprint density at radius 3 is 1.00 bits per heavy atom. The Bertz CT molecular complexity index is 1910. The predicted octanol–water partition coefficient (Wildman–Crippen LogP) is 11.5. The summed E-state index contributed by atoms with van der Waals surface area (Å²) in [7, 11) is 0. The van der Waals surface area contributed by atoms with E-state index in [1.165, 1.54) is 12.8 Å². The summed E-state index contributed by atoms with van der Waals surface area (Å²) < 4.78 is 34.8. The van der Waals surface area contributed by atoms with Crippen LogP contribution in [0.5, 0.6) is 11.5 Å². The predicted molar refractivity (Wildman–Crippen MR) is 241 cm³/mol. The lowest BCUT2D eigenvalue weighted by Gasteiger charge is -2.40. The monoisotopic (exact) mass is 806 g/mol. The molecule has 2 aliphatic heterocycles. The largest absolute Gasteiger partial charge is 0.494 e. The molecule has 0 bridgehead atoms. The van der Waals surface area contributed by atoms with Crippen LogP contribution in [0.2, 0.25) is 0 Å². The third kappa shape index (κ3) is 12.6. The molecule has 7 rings (SSSR count). The van der Waals surface area contributed by atoms with Crippen molar-refractivity contribution >= 4 is 0 Å². The highest BCUT2D eigenvalue weighted by molar-refractivity contribution is 5.71. The molecule has 0 saturated carbocycles. The number of ether oxygens (including phenoxy) is 6. The molecule has 6 nitrogen and oxygen atoms in total. The fourth-order valence-corrected chi connectivity index (χ4v) is 7.53. The number of benzene rings is 1. The molecule has 0 spiro atoms. The number of fused-ring (bicyclic) bond motifs is 2. The Kier molecular flexibility index (Phi) is 16.0. The molecule has 2 fully saturated rings. The molecule has 6 heteroatoms. The van der Waals surface area contributed by atoms with Gasteiger partial charge in [-0.15, -0.1) is 0 Å². The van der Waals surface area contributed by atoms with Crippen molar-refractivity contribution in [1.82, 2.24) is 0 Å². The van der Waals surface area contributed by atoms with E-state index in [0.717, 1.165) is 173 Å². The summed E-state index contributed by atoms with van der Waals surface area (Å²) in [4.78, 5) is 0. The van der Waals surface area contributed by atoms with Crippen LogP contribution >= 0.6 is 0 Å². The van der Waals surface area contributed by atoms with Gasteiger partial charge in [0.1, 0.15) is 11.5 Å². The van der Waals surface area contributed by atoms with E-state index in [-0.39, 0.29) is 10.8 Å². The highest BCUT2D eigenvalue weighted by Gasteiger charge is 2.37. The fourth-order valence-electron chi connectivity index (χ4n) is 7.53. The maximum atomic E-state index is 6.08. The number of unbranched alkanes of at least 4 members (excludes halogenated alkanes) is 6. The number of hydrogen-bond donors (Lipinski definition) is 0. The van der Waals surface area contributed by atoms with Crippen LogP contribution in [0.3, 0.4) is 0 Å². The lowest BCUT2D eigenvalue weighted by atomic mass is 9.84. The van der Waals surface area contributed by atoms with Crippen molar-refractivity contribution in [1.29, 1.82) is 0 Å². The van der Waals surface area contributed by atoms with E-state index in [1.807, 2.05) is 24.3 Å². The average Bonchev–Trinajstić information content (AvgIpc) is 3.70. The van der Waals surface area contributed by atoms with E-state index in [4.69, 9.17) is 28.4 Å². The molecule has 0 unspecified atom stereocenters. The summed E-state index contributed by atoms with van der Waals surface area (Å²) in [6.07, 6.45) is 11.2. The van der Waals surface area contributed by atoms with Crippen LogP contribution in [-0.2, 0) is 18.9 Å². The molecular formula is C54H62O6. The topological polar surface area (TPSA) is 55.4 Å². The van der Waals surface area contributed by atoms with Crippen molar-refractivity contribution in [3.8, 4) is 57.4 Å². The summed E-state index contributed by atoms with van der Waals surface area (Å²) in [5, 5.41) is 0. The second kappa shape index (κ2) is 22.1. The molecule has 1 aromatic rings. The van der Waals surface area contributed by atoms with Crippen LogP contribution < -0.4 is 9.47 Å². The zero-order valence-corrected chi connectivity index (χ0v) is 35.8. The van der Waals surface area contributed by atoms with Crippen LogP contribution in [0.1, 0.15) is 100 Å². The van der Waals surface area contributed by atoms with E-state index in [9.17, 15) is 0 Å². The molecule has 0 amide bonds. The lowest BCUT2D eigenvalue weighted by molar-refractivity contribution is -0.150. The molecule has 60 heavy (non-hydrogen) atoms. The smallest absolute Gasteiger partial charge is 0.120 e. The standard InChI is InChI=1S/C54H62O6/c1-3-53(39-57-40-53)37-55-29-9-5-7-11-31-59-51-33-47-25-21-45(22-26-48(47)34-51)19-17-43-13-15-44(16-14-43)18-20-46-23-27-49-35-52(36-50(49)28-24-46)60-32-12-8-6-10-30-56-38-54(4-2)41-58-42-54/h13-16,21-28,33-36H,3-12,29-32,37-42H2,1-2H3. The van der Waals surface area contributed by atoms with E-state index in [0.29, 0.717) is 0 Å². The molecule has 314 valence electrons. The Labute approximate surface area is 359 Å². The first kappa shape index (κ1) is 43.3. The van der Waals surface area contributed by atoms with Crippen LogP contribution in [0.4, 0.5) is 0 Å². The zero-order chi connectivity index (χ0) is 41.3. The van der Waals surface area contributed by atoms with Crippen molar-refractivity contribution in [2.24, 2.45) is 10.8 Å². The van der Waals surface area contributed by atoms with Crippen molar-refractivity contribution in [2.45, 2.75) is 78.1 Å². The average molecular weight is 807 g/mol. The van der Waals surface area contributed by atoms with Crippen molar-refractivity contribution in [2.75, 3.05) is 66.1 Å². The third-order valence-electron chi connectivity index (χ3n) is 12.1. The lowest BCUT2D eigenvalue weighted by Crippen LogP contribution is -2.45. The summed E-state index contributed by atoms with van der Waals surface area (Å²) in [6.45, 7) is 12.6. The van der Waals surface area contributed by atoms with Crippen LogP contribution in [-0.4, -0.2) is 66.1 Å². The van der Waals surface area contributed by atoms with Crippen molar-refractivity contribution < 1.29 is 28.4 Å². The van der Waals surface area contributed by atoms with E-state index >= 15 is 0 Å². The molecule has 0 aromatic heterocycles. The quantitative estimate of drug-likeness (QED) is 0.0513. The maximum absolute atomic E-state index is 6.08. The molecular weight excluding hydrogens is 745 g/mol. The minimum Gasteiger partial charge on any atom is -0.494 e. The minimum absolute atomic E-state index is 0.277. The highest BCUT2D eigenvalue weighted by atomic mass is 16.5. The normalized spacial score (nSPS) is 15.0. The van der Waals surface area contributed by atoms with Gasteiger partial charge in [-0.1, -0.05) is 74.6 Å². The maximum Gasteiger partial charge on any atom is 0.120 e. The Hall–Kier alpha value is -4.82. The van der Waals surface area contributed by atoms with Gasteiger partial charge in [0.05, 0.1) is 52.9 Å². The van der Waals surface area contributed by atoms with E-state index in [1.54, 1.807) is 0 Å². The first-order valence-corrected chi connectivity index (χ1v) is 22.3. The fraction of sp³-hybridized carbons (Fsp3) is 0.444.